The Morgan fingerprint density at radius 3 is 2.81 bits per heavy atom. The molecule has 0 bridgehead atoms. The molecule has 0 radical (unpaired) electrons. The molecule has 16 heavy (non-hydrogen) atoms. The maximum absolute atomic E-state index is 12.9. The highest BCUT2D eigenvalue weighted by Gasteiger charge is 2.16. The number of rotatable bonds is 4. The number of hydrogen-bond donors (Lipinski definition) is 2. The van der Waals surface area contributed by atoms with Gasteiger partial charge < -0.3 is 11.1 Å². The number of carbonyl (C=O) groups is 1. The summed E-state index contributed by atoms with van der Waals surface area (Å²) in [5.74, 6) is -1.49. The summed E-state index contributed by atoms with van der Waals surface area (Å²) < 4.78 is 12.9. The molecule has 0 aliphatic carbocycles. The summed E-state index contributed by atoms with van der Waals surface area (Å²) in [5.41, 5.74) is 4.48. The molecule has 0 atom stereocenters. The van der Waals surface area contributed by atoms with E-state index in [4.69, 9.17) is 5.73 Å². The number of nitrogens with one attached hydrogen (secondary N) is 1. The van der Waals surface area contributed by atoms with Gasteiger partial charge in [-0.05, 0) is 12.1 Å². The number of nitrogens with two attached hydrogens (primary N) is 1. The van der Waals surface area contributed by atoms with E-state index in [1.807, 2.05) is 0 Å². The van der Waals surface area contributed by atoms with E-state index < -0.39 is 22.3 Å². The summed E-state index contributed by atoms with van der Waals surface area (Å²) in [6.45, 7) is 0.513. The minimum absolute atomic E-state index is 0.0292. The van der Waals surface area contributed by atoms with Crippen LogP contribution in [0.4, 0.5) is 10.1 Å². The van der Waals surface area contributed by atoms with Crippen LogP contribution < -0.4 is 11.1 Å². The third-order valence-electron chi connectivity index (χ3n) is 1.83. The van der Waals surface area contributed by atoms with Gasteiger partial charge in [-0.3, -0.25) is 14.9 Å². The standard InChI is InChI=1S/C9H10FN3O3/c10-7-2-1-6(5-8(7)13(15)16)9(14)12-4-3-11/h1-2,5H,3-4,11H2,(H,12,14). The summed E-state index contributed by atoms with van der Waals surface area (Å²) in [5, 5.41) is 12.8. The molecule has 0 heterocycles. The molecule has 0 saturated carbocycles. The molecule has 0 spiro atoms. The Morgan fingerprint density at radius 1 is 1.56 bits per heavy atom. The van der Waals surface area contributed by atoms with Crippen LogP contribution in [0.3, 0.4) is 0 Å². The molecule has 1 amide bonds. The zero-order valence-electron chi connectivity index (χ0n) is 8.27. The largest absolute Gasteiger partial charge is 0.351 e. The molecule has 7 heteroatoms. The van der Waals surface area contributed by atoms with E-state index in [9.17, 15) is 19.3 Å². The average molecular weight is 227 g/mol. The van der Waals surface area contributed by atoms with Gasteiger partial charge in [0.05, 0.1) is 4.92 Å². The molecular weight excluding hydrogens is 217 g/mol. The number of hydrogen-bond acceptors (Lipinski definition) is 4. The lowest BCUT2D eigenvalue weighted by atomic mass is 10.2. The van der Waals surface area contributed by atoms with Crippen molar-refractivity contribution in [2.45, 2.75) is 0 Å². The highest BCUT2D eigenvalue weighted by molar-refractivity contribution is 5.94. The van der Waals surface area contributed by atoms with Crippen LogP contribution in [-0.4, -0.2) is 23.9 Å². The number of halogens is 1. The Hall–Kier alpha value is -2.02. The topological polar surface area (TPSA) is 98.3 Å². The predicted octanol–water partition coefficient (Wildman–Crippen LogP) is 0.422. The number of amides is 1. The molecule has 0 fully saturated rings. The first kappa shape index (κ1) is 12.1. The SMILES string of the molecule is NCCNC(=O)c1ccc(F)c([N+](=O)[O-])c1. The van der Waals surface area contributed by atoms with Crippen LogP contribution in [0.2, 0.25) is 0 Å². The monoisotopic (exact) mass is 227 g/mol. The second-order valence-electron chi connectivity index (χ2n) is 2.97. The summed E-state index contributed by atoms with van der Waals surface area (Å²) >= 11 is 0. The van der Waals surface area contributed by atoms with E-state index in [2.05, 4.69) is 5.32 Å². The molecule has 86 valence electrons. The summed E-state index contributed by atoms with van der Waals surface area (Å²) in [4.78, 5) is 20.9. The lowest BCUT2D eigenvalue weighted by Gasteiger charge is -2.03. The normalized spacial score (nSPS) is 9.88. The quantitative estimate of drug-likeness (QED) is 0.575. The number of benzene rings is 1. The lowest BCUT2D eigenvalue weighted by Crippen LogP contribution is -2.29. The predicted molar refractivity (Wildman–Crippen MR) is 54.4 cm³/mol. The zero-order chi connectivity index (χ0) is 12.1. The highest BCUT2D eigenvalue weighted by atomic mass is 19.1. The van der Waals surface area contributed by atoms with E-state index in [0.717, 1.165) is 12.1 Å². The fourth-order valence-electron chi connectivity index (χ4n) is 1.08. The Labute approximate surface area is 90.4 Å². The second-order valence-corrected chi connectivity index (χ2v) is 2.97. The van der Waals surface area contributed by atoms with Gasteiger partial charge in [-0.15, -0.1) is 0 Å². The van der Waals surface area contributed by atoms with Crippen molar-refractivity contribution in [2.24, 2.45) is 5.73 Å². The van der Waals surface area contributed by atoms with Crippen LogP contribution >= 0.6 is 0 Å². The Morgan fingerprint density at radius 2 is 2.25 bits per heavy atom. The van der Waals surface area contributed by atoms with Crippen molar-refractivity contribution in [3.8, 4) is 0 Å². The van der Waals surface area contributed by atoms with Gasteiger partial charge in [-0.25, -0.2) is 0 Å². The molecule has 0 aromatic heterocycles. The molecule has 1 aromatic carbocycles. The molecule has 3 N–H and O–H groups in total. The minimum Gasteiger partial charge on any atom is -0.351 e. The van der Waals surface area contributed by atoms with Crippen molar-refractivity contribution in [2.75, 3.05) is 13.1 Å². The van der Waals surface area contributed by atoms with Crippen molar-refractivity contribution < 1.29 is 14.1 Å². The number of nitrogens with zero attached hydrogens (tertiary/aromatic N) is 1. The smallest absolute Gasteiger partial charge is 0.305 e. The summed E-state index contributed by atoms with van der Waals surface area (Å²) in [6.07, 6.45) is 0. The van der Waals surface area contributed by atoms with Gasteiger partial charge in [0.25, 0.3) is 5.91 Å². The van der Waals surface area contributed by atoms with Gasteiger partial charge in [0.1, 0.15) is 0 Å². The van der Waals surface area contributed by atoms with Crippen LogP contribution in [0.5, 0.6) is 0 Å². The number of carbonyl (C=O) groups excluding carboxylic acids is 1. The molecule has 1 rings (SSSR count). The van der Waals surface area contributed by atoms with Gasteiger partial charge >= 0.3 is 5.69 Å². The highest BCUT2D eigenvalue weighted by Crippen LogP contribution is 2.18. The van der Waals surface area contributed by atoms with Crippen molar-refractivity contribution in [3.05, 3.63) is 39.7 Å². The maximum Gasteiger partial charge on any atom is 0.305 e. The zero-order valence-corrected chi connectivity index (χ0v) is 8.27. The van der Waals surface area contributed by atoms with Crippen molar-refractivity contribution in [1.82, 2.24) is 5.32 Å². The van der Waals surface area contributed by atoms with Gasteiger partial charge in [0, 0.05) is 24.7 Å². The maximum atomic E-state index is 12.9. The van der Waals surface area contributed by atoms with Crippen LogP contribution in [0.1, 0.15) is 10.4 Å². The van der Waals surface area contributed by atoms with Crippen molar-refractivity contribution in [1.29, 1.82) is 0 Å². The fraction of sp³-hybridized carbons (Fsp3) is 0.222. The Balaban J connectivity index is 2.94. The van der Waals surface area contributed by atoms with E-state index >= 15 is 0 Å². The Bertz CT molecular complexity index is 422. The molecule has 6 nitrogen and oxygen atoms in total. The first-order valence-corrected chi connectivity index (χ1v) is 4.48. The average Bonchev–Trinajstić information content (AvgIpc) is 2.26. The third kappa shape index (κ3) is 2.74. The minimum atomic E-state index is -0.972. The van der Waals surface area contributed by atoms with E-state index in [1.165, 1.54) is 6.07 Å². The van der Waals surface area contributed by atoms with E-state index in [-0.39, 0.29) is 18.7 Å². The summed E-state index contributed by atoms with van der Waals surface area (Å²) in [7, 11) is 0. The van der Waals surface area contributed by atoms with Gasteiger partial charge in [-0.1, -0.05) is 0 Å². The fourth-order valence-corrected chi connectivity index (χ4v) is 1.08. The van der Waals surface area contributed by atoms with Crippen molar-refractivity contribution in [3.63, 3.8) is 0 Å². The molecule has 0 aliphatic rings. The second kappa shape index (κ2) is 5.17. The third-order valence-corrected chi connectivity index (χ3v) is 1.83. The van der Waals surface area contributed by atoms with Gasteiger partial charge in [0.15, 0.2) is 0 Å². The van der Waals surface area contributed by atoms with Crippen LogP contribution in [0.15, 0.2) is 18.2 Å². The first-order valence-electron chi connectivity index (χ1n) is 4.48. The number of nitro benzene ring substituents is 1. The van der Waals surface area contributed by atoms with Crippen LogP contribution in [0, 0.1) is 15.9 Å². The van der Waals surface area contributed by atoms with Crippen LogP contribution in [0.25, 0.3) is 0 Å². The molecule has 1 aromatic rings. The molecule has 0 unspecified atom stereocenters. The van der Waals surface area contributed by atoms with Gasteiger partial charge in [0.2, 0.25) is 5.82 Å². The van der Waals surface area contributed by atoms with E-state index in [0.29, 0.717) is 0 Å². The molecular formula is C9H10FN3O3. The van der Waals surface area contributed by atoms with E-state index in [1.54, 1.807) is 0 Å². The molecule has 0 aliphatic heterocycles. The lowest BCUT2D eigenvalue weighted by molar-refractivity contribution is -0.387. The Kier molecular flexibility index (Phi) is 3.90. The van der Waals surface area contributed by atoms with Gasteiger partial charge in [-0.2, -0.15) is 4.39 Å². The summed E-state index contributed by atoms with van der Waals surface area (Å²) in [6, 6.07) is 2.95. The molecule has 0 saturated heterocycles. The van der Waals surface area contributed by atoms with Crippen molar-refractivity contribution >= 4 is 11.6 Å². The van der Waals surface area contributed by atoms with Crippen LogP contribution in [-0.2, 0) is 0 Å². The first-order chi connectivity index (χ1) is 7.56. The number of nitro groups is 1.